The summed E-state index contributed by atoms with van der Waals surface area (Å²) in [4.78, 5) is 18.2. The zero-order chi connectivity index (χ0) is 17.6. The van der Waals surface area contributed by atoms with E-state index in [-0.39, 0.29) is 18.2 Å². The molecule has 1 aliphatic rings. The number of urea groups is 1. The minimum absolute atomic E-state index is 0.207. The third kappa shape index (κ3) is 4.96. The maximum Gasteiger partial charge on any atom is 0.319 e. The maximum absolute atomic E-state index is 11.9. The van der Waals surface area contributed by atoms with Crippen molar-refractivity contribution < 1.29 is 9.53 Å². The lowest BCUT2D eigenvalue weighted by Gasteiger charge is -2.36. The molecule has 1 aromatic heterocycles. The zero-order valence-electron chi connectivity index (χ0n) is 14.7. The van der Waals surface area contributed by atoms with Crippen LogP contribution in [0.5, 0.6) is 0 Å². The highest BCUT2D eigenvalue weighted by Gasteiger charge is 2.22. The number of hydrogen-bond donors (Lipinski definition) is 2. The van der Waals surface area contributed by atoms with Crippen LogP contribution in [-0.2, 0) is 11.3 Å². The number of aromatic nitrogens is 2. The molecule has 2 amide bonds. The molecule has 134 valence electrons. The lowest BCUT2D eigenvalue weighted by Crippen LogP contribution is -2.45. The summed E-state index contributed by atoms with van der Waals surface area (Å²) in [6, 6.07) is 7.71. The largest absolute Gasteiger partial charge is 0.372 e. The molecule has 1 fully saturated rings. The minimum Gasteiger partial charge on any atom is -0.372 e. The molecule has 25 heavy (non-hydrogen) atoms. The van der Waals surface area contributed by atoms with Crippen molar-refractivity contribution in [2.24, 2.45) is 0 Å². The van der Waals surface area contributed by atoms with E-state index in [9.17, 15) is 4.79 Å². The second kappa shape index (κ2) is 8.02. The molecule has 0 spiro atoms. The Labute approximate surface area is 148 Å². The molecule has 7 heteroatoms. The molecule has 0 unspecified atom stereocenters. The normalized spacial score (nSPS) is 20.3. The van der Waals surface area contributed by atoms with Gasteiger partial charge in [-0.25, -0.2) is 9.78 Å². The lowest BCUT2D eigenvalue weighted by molar-refractivity contribution is -0.00521. The number of ether oxygens (including phenoxy) is 1. The molecule has 2 heterocycles. The van der Waals surface area contributed by atoms with Crippen LogP contribution in [0.15, 0.2) is 43.0 Å². The molecule has 2 aromatic rings. The minimum atomic E-state index is -0.207. The number of benzene rings is 1. The Balaban J connectivity index is 1.47. The Morgan fingerprint density at radius 2 is 1.96 bits per heavy atom. The topological polar surface area (TPSA) is 71.4 Å². The Morgan fingerprint density at radius 1 is 1.24 bits per heavy atom. The second-order valence-corrected chi connectivity index (χ2v) is 6.39. The first kappa shape index (κ1) is 17.3. The van der Waals surface area contributed by atoms with E-state index in [0.717, 1.165) is 24.5 Å². The van der Waals surface area contributed by atoms with E-state index in [1.807, 2.05) is 35.0 Å². The number of anilines is 2. The molecule has 0 radical (unpaired) electrons. The molecule has 1 aromatic carbocycles. The summed E-state index contributed by atoms with van der Waals surface area (Å²) in [6.07, 6.45) is 5.76. The van der Waals surface area contributed by atoms with E-state index in [1.165, 1.54) is 0 Å². The van der Waals surface area contributed by atoms with Gasteiger partial charge in [0, 0.05) is 49.9 Å². The summed E-state index contributed by atoms with van der Waals surface area (Å²) in [5.41, 5.74) is 1.92. The van der Waals surface area contributed by atoms with Crippen LogP contribution in [0.3, 0.4) is 0 Å². The molecule has 1 saturated heterocycles. The van der Waals surface area contributed by atoms with E-state index >= 15 is 0 Å². The predicted octanol–water partition coefficient (Wildman–Crippen LogP) is 2.32. The van der Waals surface area contributed by atoms with Crippen LogP contribution in [0.4, 0.5) is 16.2 Å². The quantitative estimate of drug-likeness (QED) is 0.874. The fourth-order valence-corrected chi connectivity index (χ4v) is 3.04. The third-order valence-corrected chi connectivity index (χ3v) is 4.12. The van der Waals surface area contributed by atoms with Gasteiger partial charge in [-0.3, -0.25) is 0 Å². The van der Waals surface area contributed by atoms with Crippen molar-refractivity contribution in [3.8, 4) is 0 Å². The second-order valence-electron chi connectivity index (χ2n) is 6.39. The van der Waals surface area contributed by atoms with Crippen molar-refractivity contribution in [1.29, 1.82) is 0 Å². The fraction of sp³-hybridized carbons (Fsp3) is 0.444. The van der Waals surface area contributed by atoms with Gasteiger partial charge in [0.25, 0.3) is 0 Å². The number of amides is 2. The van der Waals surface area contributed by atoms with E-state index in [4.69, 9.17) is 4.74 Å². The van der Waals surface area contributed by atoms with Gasteiger partial charge in [0.2, 0.25) is 0 Å². The van der Waals surface area contributed by atoms with Gasteiger partial charge in [0.15, 0.2) is 0 Å². The Hall–Kier alpha value is -2.54. The highest BCUT2D eigenvalue weighted by atomic mass is 16.5. The summed E-state index contributed by atoms with van der Waals surface area (Å²) in [5, 5.41) is 5.68. The highest BCUT2D eigenvalue weighted by Crippen LogP contribution is 2.22. The number of hydrogen-bond acceptors (Lipinski definition) is 4. The SMILES string of the molecule is C[C@@H]1CN(c2ccc(NC(=O)NCCn3ccnc3)cc2)C[C@@H](C)O1. The fourth-order valence-electron chi connectivity index (χ4n) is 3.04. The predicted molar refractivity (Wildman–Crippen MR) is 97.9 cm³/mol. The van der Waals surface area contributed by atoms with E-state index in [0.29, 0.717) is 13.1 Å². The molecular formula is C18H25N5O2. The maximum atomic E-state index is 11.9. The highest BCUT2D eigenvalue weighted by molar-refractivity contribution is 5.89. The van der Waals surface area contributed by atoms with Gasteiger partial charge in [-0.05, 0) is 38.1 Å². The number of carbonyl (C=O) groups excluding carboxylic acids is 1. The van der Waals surface area contributed by atoms with Gasteiger partial charge in [-0.2, -0.15) is 0 Å². The van der Waals surface area contributed by atoms with Crippen molar-refractivity contribution in [2.45, 2.75) is 32.6 Å². The van der Waals surface area contributed by atoms with E-state index in [2.05, 4.69) is 34.4 Å². The van der Waals surface area contributed by atoms with Crippen molar-refractivity contribution in [2.75, 3.05) is 29.9 Å². The summed E-state index contributed by atoms with van der Waals surface area (Å²) < 4.78 is 7.68. The van der Waals surface area contributed by atoms with Gasteiger partial charge >= 0.3 is 6.03 Å². The number of morpholine rings is 1. The average Bonchev–Trinajstić information content (AvgIpc) is 3.08. The summed E-state index contributed by atoms with van der Waals surface area (Å²) >= 11 is 0. The molecule has 1 aliphatic heterocycles. The number of carbonyl (C=O) groups is 1. The van der Waals surface area contributed by atoms with Crippen molar-refractivity contribution >= 4 is 17.4 Å². The Bertz CT molecular complexity index is 661. The van der Waals surface area contributed by atoms with Gasteiger partial charge in [-0.15, -0.1) is 0 Å². The number of nitrogens with zero attached hydrogens (tertiary/aromatic N) is 3. The standard InChI is InChI=1S/C18H25N5O2/c1-14-11-23(12-15(2)25-14)17-5-3-16(4-6-17)21-18(24)20-8-10-22-9-7-19-13-22/h3-7,9,13-15H,8,10-12H2,1-2H3,(H2,20,21,24)/t14-,15-/m1/s1. The van der Waals surface area contributed by atoms with Gasteiger partial charge < -0.3 is 24.8 Å². The molecule has 0 aliphatic carbocycles. The first-order valence-electron chi connectivity index (χ1n) is 8.61. The van der Waals surface area contributed by atoms with Crippen LogP contribution in [0.2, 0.25) is 0 Å². The third-order valence-electron chi connectivity index (χ3n) is 4.12. The molecule has 7 nitrogen and oxygen atoms in total. The van der Waals surface area contributed by atoms with Crippen LogP contribution >= 0.6 is 0 Å². The molecular weight excluding hydrogens is 318 g/mol. The van der Waals surface area contributed by atoms with Crippen molar-refractivity contribution in [3.05, 3.63) is 43.0 Å². The summed E-state index contributed by atoms with van der Waals surface area (Å²) in [7, 11) is 0. The molecule has 3 rings (SSSR count). The van der Waals surface area contributed by atoms with Crippen LogP contribution in [0.25, 0.3) is 0 Å². The average molecular weight is 343 g/mol. The Kier molecular flexibility index (Phi) is 5.55. The van der Waals surface area contributed by atoms with Crippen LogP contribution in [-0.4, -0.2) is 47.4 Å². The van der Waals surface area contributed by atoms with Crippen LogP contribution in [0, 0.1) is 0 Å². The first-order chi connectivity index (χ1) is 12.1. The summed E-state index contributed by atoms with van der Waals surface area (Å²) in [6.45, 7) is 7.18. The zero-order valence-corrected chi connectivity index (χ0v) is 14.7. The smallest absolute Gasteiger partial charge is 0.319 e. The lowest BCUT2D eigenvalue weighted by atomic mass is 10.2. The van der Waals surface area contributed by atoms with Crippen LogP contribution in [0.1, 0.15) is 13.8 Å². The Morgan fingerprint density at radius 3 is 2.60 bits per heavy atom. The van der Waals surface area contributed by atoms with Gasteiger partial charge in [0.1, 0.15) is 0 Å². The van der Waals surface area contributed by atoms with Crippen LogP contribution < -0.4 is 15.5 Å². The monoisotopic (exact) mass is 343 g/mol. The molecule has 2 N–H and O–H groups in total. The number of rotatable bonds is 5. The van der Waals surface area contributed by atoms with E-state index in [1.54, 1.807) is 12.5 Å². The van der Waals surface area contributed by atoms with E-state index < -0.39 is 0 Å². The summed E-state index contributed by atoms with van der Waals surface area (Å²) in [5.74, 6) is 0. The molecule has 0 saturated carbocycles. The van der Waals surface area contributed by atoms with Crippen molar-refractivity contribution in [1.82, 2.24) is 14.9 Å². The first-order valence-corrected chi connectivity index (χ1v) is 8.61. The number of imidazole rings is 1. The van der Waals surface area contributed by atoms with Crippen molar-refractivity contribution in [3.63, 3.8) is 0 Å². The van der Waals surface area contributed by atoms with Gasteiger partial charge in [-0.1, -0.05) is 0 Å². The number of nitrogens with one attached hydrogen (secondary N) is 2. The van der Waals surface area contributed by atoms with Gasteiger partial charge in [0.05, 0.1) is 18.5 Å². The molecule has 2 atom stereocenters. The molecule has 0 bridgehead atoms.